The van der Waals surface area contributed by atoms with Crippen LogP contribution in [0.5, 0.6) is 0 Å². The van der Waals surface area contributed by atoms with Crippen molar-refractivity contribution in [3.05, 3.63) is 98.7 Å². The number of nitrogens with one attached hydrogen (secondary N) is 1. The van der Waals surface area contributed by atoms with Crippen LogP contribution in [0.3, 0.4) is 0 Å². The quantitative estimate of drug-likeness (QED) is 0.311. The molecule has 14 heteroatoms. The van der Waals surface area contributed by atoms with Crippen LogP contribution in [0, 0.1) is 12.8 Å². The minimum atomic E-state index is -3.89. The van der Waals surface area contributed by atoms with Crippen LogP contribution in [0.1, 0.15) is 21.9 Å². The predicted octanol–water partition coefficient (Wildman–Crippen LogP) is 2.70. The van der Waals surface area contributed by atoms with E-state index in [1.807, 2.05) is 25.1 Å². The molecule has 11 nitrogen and oxygen atoms in total. The molecule has 0 bridgehead atoms. The highest BCUT2D eigenvalue weighted by atomic mass is 32.2. The Kier molecular flexibility index (Phi) is 7.09. The summed E-state index contributed by atoms with van der Waals surface area (Å²) in [5.74, 6) is -2.65. The lowest BCUT2D eigenvalue weighted by molar-refractivity contribution is -0.122. The Morgan fingerprint density at radius 1 is 1.02 bits per heavy atom. The highest BCUT2D eigenvalue weighted by Gasteiger charge is 2.56. The molecule has 0 saturated carbocycles. The van der Waals surface area contributed by atoms with Crippen molar-refractivity contribution in [3.8, 4) is 0 Å². The van der Waals surface area contributed by atoms with E-state index in [1.54, 1.807) is 30.6 Å². The van der Waals surface area contributed by atoms with Gasteiger partial charge < -0.3 is 5.32 Å². The molecule has 6 rings (SSSR count). The van der Waals surface area contributed by atoms with Crippen molar-refractivity contribution in [2.75, 3.05) is 10.2 Å². The number of carbonyl (C=O) groups is 3. The zero-order valence-corrected chi connectivity index (χ0v) is 24.4. The normalized spacial score (nSPS) is 19.9. The molecule has 3 atom stereocenters. The van der Waals surface area contributed by atoms with Gasteiger partial charge in [0.25, 0.3) is 0 Å². The topological polar surface area (TPSA) is 162 Å². The van der Waals surface area contributed by atoms with Crippen molar-refractivity contribution >= 4 is 62.2 Å². The third-order valence-electron chi connectivity index (χ3n) is 7.15. The molecule has 2 aromatic heterocycles. The summed E-state index contributed by atoms with van der Waals surface area (Å²) >= 11 is 2.06. The molecule has 1 fully saturated rings. The Bertz CT molecular complexity index is 1890. The van der Waals surface area contributed by atoms with Gasteiger partial charge in [-0.05, 0) is 55.0 Å². The maximum Gasteiger partial charge on any atom is 0.308 e. The number of imide groups is 1. The lowest BCUT2D eigenvalue weighted by Crippen LogP contribution is -2.33. The van der Waals surface area contributed by atoms with Crippen LogP contribution in [-0.4, -0.2) is 40.9 Å². The third-order valence-corrected chi connectivity index (χ3v) is 10.7. The van der Waals surface area contributed by atoms with E-state index in [0.717, 1.165) is 28.7 Å². The lowest BCUT2D eigenvalue weighted by atomic mass is 9.84. The molecule has 214 valence electrons. The van der Waals surface area contributed by atoms with E-state index >= 15 is 0 Å². The molecule has 2 aromatic carbocycles. The number of benzene rings is 2. The van der Waals surface area contributed by atoms with Crippen molar-refractivity contribution in [1.29, 1.82) is 0 Å². The Morgan fingerprint density at radius 3 is 2.38 bits per heavy atom. The van der Waals surface area contributed by atoms with Gasteiger partial charge in [-0.2, -0.15) is 0 Å². The van der Waals surface area contributed by atoms with E-state index in [4.69, 9.17) is 5.14 Å². The van der Waals surface area contributed by atoms with Crippen LogP contribution in [0.4, 0.5) is 11.4 Å². The molecule has 42 heavy (non-hydrogen) atoms. The second-order valence-corrected chi connectivity index (χ2v) is 13.6. The summed E-state index contributed by atoms with van der Waals surface area (Å²) in [6, 6.07) is 16.0. The number of carbonyl (C=O) groups excluding carboxylic acids is 3. The highest BCUT2D eigenvalue weighted by molar-refractivity contribution is 8.00. The molecule has 4 heterocycles. The Hall–Kier alpha value is -4.11. The first-order chi connectivity index (χ1) is 20.0. The maximum absolute atomic E-state index is 13.9. The number of thiazole rings is 1. The smallest absolute Gasteiger partial charge is 0.308 e. The van der Waals surface area contributed by atoms with E-state index < -0.39 is 37.9 Å². The summed E-state index contributed by atoms with van der Waals surface area (Å²) in [4.78, 5) is 59.4. The monoisotopic (exact) mass is 621 g/mol. The van der Waals surface area contributed by atoms with Gasteiger partial charge in [0.1, 0.15) is 11.8 Å². The lowest BCUT2D eigenvalue weighted by Gasteiger charge is -2.30. The third kappa shape index (κ3) is 4.96. The van der Waals surface area contributed by atoms with Gasteiger partial charge in [-0.15, -0.1) is 0 Å². The number of hydrogen-bond donors (Lipinski definition) is 2. The zero-order valence-electron chi connectivity index (χ0n) is 22.0. The first-order valence-electron chi connectivity index (χ1n) is 12.7. The summed E-state index contributed by atoms with van der Waals surface area (Å²) in [7, 11) is -3.89. The fourth-order valence-electron chi connectivity index (χ4n) is 5.19. The number of nitrogens with two attached hydrogens (primary N) is 1. The van der Waals surface area contributed by atoms with Gasteiger partial charge >= 0.3 is 4.87 Å². The molecule has 2 aliphatic rings. The van der Waals surface area contributed by atoms with E-state index in [2.05, 4.69) is 10.3 Å². The molecule has 4 aromatic rings. The SMILES string of the molecule is Cc1ccc(N2C(=O)C3Sc4c(sc(=O)n4CC(=O)Nc4ccc(S(N)(=O)=O)cc4)C(c4cccnc4)C3C2=O)cc1. The minimum absolute atomic E-state index is 0.105. The second kappa shape index (κ2) is 10.6. The van der Waals surface area contributed by atoms with Crippen LogP contribution in [0.15, 0.2) is 87.8 Å². The molecule has 3 N–H and O–H groups in total. The fourth-order valence-corrected chi connectivity index (χ4v) is 8.48. The number of primary sulfonamides is 1. The number of amides is 3. The van der Waals surface area contributed by atoms with Crippen LogP contribution >= 0.6 is 23.1 Å². The fraction of sp³-hybridized carbons (Fsp3) is 0.179. The Labute approximate surface area is 248 Å². The molecule has 3 unspecified atom stereocenters. The van der Waals surface area contributed by atoms with Gasteiger partial charge in [-0.3, -0.25) is 28.7 Å². The summed E-state index contributed by atoms with van der Waals surface area (Å²) in [5.41, 5.74) is 2.47. The number of sulfonamides is 1. The van der Waals surface area contributed by atoms with Gasteiger partial charge in [0.2, 0.25) is 27.7 Å². The summed E-state index contributed by atoms with van der Waals surface area (Å²) in [6.45, 7) is 1.56. The van der Waals surface area contributed by atoms with Gasteiger partial charge in [0, 0.05) is 28.9 Å². The van der Waals surface area contributed by atoms with Crippen LogP contribution in [0.2, 0.25) is 0 Å². The minimum Gasteiger partial charge on any atom is -0.325 e. The van der Waals surface area contributed by atoms with E-state index in [1.165, 1.54) is 33.7 Å². The average molecular weight is 622 g/mol. The number of rotatable bonds is 6. The number of pyridine rings is 1. The number of hydrogen-bond acceptors (Lipinski definition) is 9. The first kappa shape index (κ1) is 28.0. The number of fused-ring (bicyclic) bond motifs is 2. The van der Waals surface area contributed by atoms with Gasteiger partial charge in [0.15, 0.2) is 0 Å². The van der Waals surface area contributed by atoms with Crippen molar-refractivity contribution in [3.63, 3.8) is 0 Å². The Balaban J connectivity index is 1.35. The number of thioether (sulfide) groups is 1. The number of aryl methyl sites for hydroxylation is 1. The average Bonchev–Trinajstić information content (AvgIpc) is 3.40. The highest BCUT2D eigenvalue weighted by Crippen LogP contribution is 2.53. The second-order valence-electron chi connectivity index (χ2n) is 9.92. The standard InChI is InChI=1S/C28H23N5O6S3/c1-15-4-8-18(9-5-15)33-25(35)22-21(16-3-2-12-30-13-16)24-27(40-23(22)26(33)36)32(28(37)41-24)14-20(34)31-17-6-10-19(11-7-17)42(29,38)39/h2-13,21-23H,14H2,1H3,(H,31,34)(H2,29,38,39). The summed E-state index contributed by atoms with van der Waals surface area (Å²) in [5, 5.41) is 7.42. The Morgan fingerprint density at radius 2 is 1.74 bits per heavy atom. The van der Waals surface area contributed by atoms with E-state index in [0.29, 0.717) is 26.8 Å². The van der Waals surface area contributed by atoms with Gasteiger partial charge in [0.05, 0.1) is 21.5 Å². The van der Waals surface area contributed by atoms with Crippen molar-refractivity contribution < 1.29 is 22.8 Å². The molecular weight excluding hydrogens is 599 g/mol. The van der Waals surface area contributed by atoms with Gasteiger partial charge in [-0.25, -0.2) is 18.5 Å². The first-order valence-corrected chi connectivity index (χ1v) is 15.9. The molecule has 0 spiro atoms. The molecule has 2 aliphatic heterocycles. The predicted molar refractivity (Wildman–Crippen MR) is 158 cm³/mol. The zero-order chi connectivity index (χ0) is 29.8. The van der Waals surface area contributed by atoms with Crippen molar-refractivity contribution in [2.24, 2.45) is 11.1 Å². The number of anilines is 2. The molecule has 0 aliphatic carbocycles. The van der Waals surface area contributed by atoms with Crippen LogP contribution in [-0.2, 0) is 31.0 Å². The van der Waals surface area contributed by atoms with Crippen molar-refractivity contribution in [2.45, 2.75) is 34.6 Å². The van der Waals surface area contributed by atoms with E-state index in [-0.39, 0.29) is 23.3 Å². The largest absolute Gasteiger partial charge is 0.325 e. The van der Waals surface area contributed by atoms with Gasteiger partial charge in [-0.1, -0.05) is 46.9 Å². The van der Waals surface area contributed by atoms with Crippen molar-refractivity contribution in [1.82, 2.24) is 9.55 Å². The van der Waals surface area contributed by atoms with Crippen LogP contribution in [0.25, 0.3) is 0 Å². The van der Waals surface area contributed by atoms with E-state index in [9.17, 15) is 27.6 Å². The van der Waals surface area contributed by atoms with Crippen LogP contribution < -0.4 is 20.2 Å². The number of aromatic nitrogens is 2. The summed E-state index contributed by atoms with van der Waals surface area (Å²) in [6.07, 6.45) is 3.23. The molecule has 3 amide bonds. The molecular formula is C28H23N5O6S3. The molecule has 1 saturated heterocycles. The number of nitrogens with zero attached hydrogens (tertiary/aromatic N) is 3. The molecule has 0 radical (unpaired) electrons. The summed E-state index contributed by atoms with van der Waals surface area (Å²) < 4.78 is 24.3. The maximum atomic E-state index is 13.9.